The van der Waals surface area contributed by atoms with Gasteiger partial charge >= 0.3 is 0 Å². The van der Waals surface area contributed by atoms with Crippen molar-refractivity contribution >= 4 is 44.6 Å². The third-order valence-electron chi connectivity index (χ3n) is 15.4. The number of fused-ring (bicyclic) bond motifs is 4. The van der Waals surface area contributed by atoms with Gasteiger partial charge in [-0.1, -0.05) is 184 Å². The molecule has 0 fully saturated rings. The largest absolute Gasteiger partial charge is 0.457 e. The van der Waals surface area contributed by atoms with Crippen LogP contribution < -0.4 is 14.5 Å². The lowest BCUT2D eigenvalue weighted by atomic mass is 9.73. The monoisotopic (exact) mass is 955 g/mol. The molecule has 0 radical (unpaired) electrons. The highest BCUT2D eigenvalue weighted by atomic mass is 16.5. The van der Waals surface area contributed by atoms with Gasteiger partial charge in [-0.05, 0) is 128 Å². The molecule has 0 amide bonds. The molecule has 0 saturated heterocycles. The second kappa shape index (κ2) is 18.0. The first kappa shape index (κ1) is 47.4. The molecule has 0 spiro atoms. The highest BCUT2D eigenvalue weighted by Gasteiger charge is 2.34. The Bertz CT molecular complexity index is 3580. The number of rotatable bonds is 10. The van der Waals surface area contributed by atoms with Crippen LogP contribution in [0.5, 0.6) is 11.5 Å². The van der Waals surface area contributed by atoms with Gasteiger partial charge in [0.2, 0.25) is 0 Å². The average molecular weight is 955 g/mol. The van der Waals surface area contributed by atoms with Gasteiger partial charge in [0.15, 0.2) is 0 Å². The Morgan fingerprint density at radius 2 is 0.986 bits per heavy atom. The second-order valence-corrected chi connectivity index (χ2v) is 23.1. The summed E-state index contributed by atoms with van der Waals surface area (Å²) >= 11 is 0. The maximum atomic E-state index is 6.94. The molecular formula is C68H66N4O. The third-order valence-corrected chi connectivity index (χ3v) is 15.4. The van der Waals surface area contributed by atoms with Gasteiger partial charge in [-0.15, -0.1) is 0 Å². The predicted octanol–water partition coefficient (Wildman–Crippen LogP) is 18.1. The molecule has 0 unspecified atom stereocenters. The highest BCUT2D eigenvalue weighted by Crippen LogP contribution is 2.49. The van der Waals surface area contributed by atoms with Crippen molar-refractivity contribution in [1.82, 2.24) is 9.55 Å². The van der Waals surface area contributed by atoms with Crippen molar-refractivity contribution in [2.24, 2.45) is 0 Å². The van der Waals surface area contributed by atoms with E-state index in [4.69, 9.17) is 9.72 Å². The number of nitrogens with zero attached hydrogens (tertiary/aromatic N) is 4. The molecular weight excluding hydrogens is 889 g/mol. The quantitative estimate of drug-likeness (QED) is 0.137. The maximum absolute atomic E-state index is 6.94. The van der Waals surface area contributed by atoms with Crippen molar-refractivity contribution in [3.05, 3.63) is 240 Å². The normalized spacial score (nSPS) is 13.2. The summed E-state index contributed by atoms with van der Waals surface area (Å²) in [5, 5.41) is 2.32. The molecule has 0 saturated carbocycles. The summed E-state index contributed by atoms with van der Waals surface area (Å²) in [7, 11) is 0. The lowest BCUT2D eigenvalue weighted by molar-refractivity contribution is 0.483. The lowest BCUT2D eigenvalue weighted by Crippen LogP contribution is -2.27. The molecule has 5 heteroatoms. The summed E-state index contributed by atoms with van der Waals surface area (Å²) in [6.45, 7) is 23.7. The van der Waals surface area contributed by atoms with Crippen molar-refractivity contribution < 1.29 is 4.74 Å². The zero-order chi connectivity index (χ0) is 50.9. The van der Waals surface area contributed by atoms with Crippen LogP contribution >= 0.6 is 0 Å². The summed E-state index contributed by atoms with van der Waals surface area (Å²) in [6.07, 6.45) is 1.94. The summed E-state index contributed by atoms with van der Waals surface area (Å²) in [6, 6.07) is 73.0. The molecule has 364 valence electrons. The first-order chi connectivity index (χ1) is 34.9. The highest BCUT2D eigenvalue weighted by molar-refractivity contribution is 6.10. The molecule has 10 aromatic rings. The van der Waals surface area contributed by atoms with Crippen molar-refractivity contribution in [2.45, 2.75) is 90.9 Å². The van der Waals surface area contributed by atoms with Gasteiger partial charge in [0.1, 0.15) is 24.0 Å². The van der Waals surface area contributed by atoms with Gasteiger partial charge in [0.25, 0.3) is 0 Å². The van der Waals surface area contributed by atoms with Gasteiger partial charge < -0.3 is 14.5 Å². The lowest BCUT2D eigenvalue weighted by Gasteiger charge is -2.33. The van der Waals surface area contributed by atoms with Crippen molar-refractivity contribution in [1.29, 1.82) is 0 Å². The van der Waals surface area contributed by atoms with Gasteiger partial charge in [0.05, 0.1) is 22.4 Å². The second-order valence-electron chi connectivity index (χ2n) is 23.1. The van der Waals surface area contributed by atoms with Gasteiger partial charge in [0, 0.05) is 51.3 Å². The molecule has 2 aromatic heterocycles. The van der Waals surface area contributed by atoms with E-state index >= 15 is 0 Å². The van der Waals surface area contributed by atoms with Crippen LogP contribution in [0, 0.1) is 0 Å². The minimum absolute atomic E-state index is 0.0387. The van der Waals surface area contributed by atoms with E-state index in [0.717, 1.165) is 39.4 Å². The number of pyridine rings is 1. The molecule has 73 heavy (non-hydrogen) atoms. The van der Waals surface area contributed by atoms with Crippen LogP contribution in [0.3, 0.4) is 0 Å². The average Bonchev–Trinajstić information content (AvgIpc) is 3.94. The van der Waals surface area contributed by atoms with Gasteiger partial charge in [-0.25, -0.2) is 4.98 Å². The minimum Gasteiger partial charge on any atom is -0.457 e. The maximum Gasteiger partial charge on any atom is 0.137 e. The van der Waals surface area contributed by atoms with Crippen molar-refractivity contribution in [3.63, 3.8) is 0 Å². The molecule has 0 N–H and O–H groups in total. The number of anilines is 4. The van der Waals surface area contributed by atoms with E-state index in [-0.39, 0.29) is 21.7 Å². The summed E-state index contributed by atoms with van der Waals surface area (Å²) in [4.78, 5) is 9.94. The fourth-order valence-electron chi connectivity index (χ4n) is 10.7. The van der Waals surface area contributed by atoms with Crippen LogP contribution in [0.15, 0.2) is 206 Å². The van der Waals surface area contributed by atoms with E-state index in [0.29, 0.717) is 6.67 Å². The fourth-order valence-corrected chi connectivity index (χ4v) is 10.7. The summed E-state index contributed by atoms with van der Waals surface area (Å²) in [5.74, 6) is 2.41. The predicted molar refractivity (Wildman–Crippen MR) is 307 cm³/mol. The van der Waals surface area contributed by atoms with Gasteiger partial charge in [-0.3, -0.25) is 4.57 Å². The van der Waals surface area contributed by atoms with E-state index in [9.17, 15) is 0 Å². The number of hydrogen-bond acceptors (Lipinski definition) is 4. The van der Waals surface area contributed by atoms with E-state index in [1.807, 2.05) is 6.20 Å². The number of aromatic nitrogens is 2. The van der Waals surface area contributed by atoms with Crippen LogP contribution in [0.1, 0.15) is 103 Å². The Morgan fingerprint density at radius 3 is 1.63 bits per heavy atom. The topological polar surface area (TPSA) is 33.5 Å². The smallest absolute Gasteiger partial charge is 0.137 e. The molecule has 0 atom stereocenters. The van der Waals surface area contributed by atoms with E-state index in [1.165, 1.54) is 67.0 Å². The Hall–Kier alpha value is -7.89. The molecule has 8 aromatic carbocycles. The zero-order valence-corrected chi connectivity index (χ0v) is 44.0. The Morgan fingerprint density at radius 1 is 0.384 bits per heavy atom. The fraction of sp³-hybridized carbons (Fsp3) is 0.221. The molecule has 0 aliphatic carbocycles. The van der Waals surface area contributed by atoms with Crippen molar-refractivity contribution in [3.8, 4) is 28.4 Å². The molecule has 11 rings (SSSR count). The number of benzene rings is 8. The Labute approximate surface area is 432 Å². The number of ether oxygens (including phenoxy) is 1. The molecule has 3 heterocycles. The van der Waals surface area contributed by atoms with Crippen LogP contribution in [-0.2, 0) is 21.7 Å². The van der Waals surface area contributed by atoms with Crippen LogP contribution in [-0.4, -0.2) is 16.2 Å². The summed E-state index contributed by atoms with van der Waals surface area (Å²) < 4.78 is 9.23. The Kier molecular flexibility index (Phi) is 11.7. The standard InChI is InChI=1S/C68H66N4O/c1-65(2,3)50-30-34-61-63(41-50)70(45-71(61)55-39-52(67(7,8)48-23-16-12-17-24-48)38-53(40-55)68(9,10)49-25-18-13-19-26-49)54-27-20-28-56(43-54)73-57-31-32-58-59-37-47(46-21-14-11-15-22-46)29-33-60(59)72(62(58)44-57)64-42-51(35-36-69-64)66(4,5)6/h11-44H,45H2,1-10H3. The first-order valence-corrected chi connectivity index (χ1v) is 25.8. The SMILES string of the molecule is CC(C)(C)c1ccnc(-n2c3ccc(-c4ccccc4)cc3c3ccc(Oc4cccc(N5CN(c6cc(C(C)(C)c7ccccc7)cc(C(C)(C)c7ccccc7)c6)c6ccc(C(C)(C)C)cc65)c4)cc32)c1. The molecule has 1 aliphatic heterocycles. The Balaban J connectivity index is 1.00. The van der Waals surface area contributed by atoms with E-state index < -0.39 is 0 Å². The third kappa shape index (κ3) is 8.86. The first-order valence-electron chi connectivity index (χ1n) is 25.8. The van der Waals surface area contributed by atoms with Crippen LogP contribution in [0.4, 0.5) is 22.7 Å². The van der Waals surface area contributed by atoms with E-state index in [1.54, 1.807) is 0 Å². The molecule has 0 bridgehead atoms. The van der Waals surface area contributed by atoms with Crippen molar-refractivity contribution in [2.75, 3.05) is 16.5 Å². The minimum atomic E-state index is -0.252. The van der Waals surface area contributed by atoms with Crippen LogP contribution in [0.2, 0.25) is 0 Å². The van der Waals surface area contributed by atoms with Gasteiger partial charge in [-0.2, -0.15) is 0 Å². The zero-order valence-electron chi connectivity index (χ0n) is 44.0. The molecule has 5 nitrogen and oxygen atoms in total. The number of hydrogen-bond donors (Lipinski definition) is 0. The van der Waals surface area contributed by atoms with E-state index in [2.05, 4.69) is 284 Å². The van der Waals surface area contributed by atoms with Crippen LogP contribution in [0.25, 0.3) is 38.8 Å². The summed E-state index contributed by atoms with van der Waals surface area (Å²) in [5.41, 5.74) is 16.2. The molecule has 1 aliphatic rings.